The lowest BCUT2D eigenvalue weighted by Crippen LogP contribution is -2.48. The van der Waals surface area contributed by atoms with E-state index in [2.05, 4.69) is 5.32 Å². The van der Waals surface area contributed by atoms with E-state index in [4.69, 9.17) is 15.8 Å². The Morgan fingerprint density at radius 1 is 1.08 bits per heavy atom. The van der Waals surface area contributed by atoms with Crippen LogP contribution in [0, 0.1) is 29.3 Å². The van der Waals surface area contributed by atoms with Gasteiger partial charge in [-0.05, 0) is 55.7 Å². The number of fused-ring (bicyclic) bond motifs is 2. The van der Waals surface area contributed by atoms with Crippen molar-refractivity contribution in [2.24, 2.45) is 11.8 Å². The Balaban J connectivity index is 1.58. The Morgan fingerprint density at radius 3 is 2.19 bits per heavy atom. The number of benzene rings is 2. The summed E-state index contributed by atoms with van der Waals surface area (Å²) in [7, 11) is -7.92. The average molecular weight is 582 g/mol. The predicted octanol–water partition coefficient (Wildman–Crippen LogP) is 3.68. The molecule has 2 saturated carbocycles. The number of anilines is 1. The molecular weight excluding hydrogens is 559 g/mol. The summed E-state index contributed by atoms with van der Waals surface area (Å²) in [5.74, 6) is -6.63. The van der Waals surface area contributed by atoms with Gasteiger partial charge in [0.2, 0.25) is 0 Å². The molecule has 14 heteroatoms. The lowest BCUT2D eigenvalue weighted by molar-refractivity contribution is -0.0507. The molecule has 0 spiro atoms. The van der Waals surface area contributed by atoms with Crippen molar-refractivity contribution in [3.63, 3.8) is 0 Å². The summed E-state index contributed by atoms with van der Waals surface area (Å²) in [6, 6.07) is 4.65. The summed E-state index contributed by atoms with van der Waals surface area (Å²) in [5, 5.41) is 12.0. The number of carbonyl (C=O) groups excluding carboxylic acids is 1. The molecule has 2 unspecified atom stereocenters. The second-order valence-electron chi connectivity index (χ2n) is 9.56. The molecule has 0 aromatic heterocycles. The van der Waals surface area contributed by atoms with E-state index in [1.807, 2.05) is 0 Å². The largest absolute Gasteiger partial charge is 0.387 e. The Morgan fingerprint density at radius 2 is 1.65 bits per heavy atom. The highest BCUT2D eigenvalue weighted by molar-refractivity contribution is 7.92. The van der Waals surface area contributed by atoms with Crippen LogP contribution in [0.25, 0.3) is 0 Å². The Labute approximate surface area is 216 Å². The van der Waals surface area contributed by atoms with E-state index < -0.39 is 72.6 Å². The average Bonchev–Trinajstić information content (AvgIpc) is 3.09. The Kier molecular flexibility index (Phi) is 7.40. The van der Waals surface area contributed by atoms with Gasteiger partial charge in [-0.25, -0.2) is 21.6 Å². The van der Waals surface area contributed by atoms with Crippen molar-refractivity contribution in [1.29, 1.82) is 0 Å². The smallest absolute Gasteiger partial charge is 0.264 e. The third-order valence-corrected chi connectivity index (χ3v) is 10.2. The van der Waals surface area contributed by atoms with Crippen LogP contribution in [0.4, 0.5) is 18.9 Å². The molecule has 0 aliphatic heterocycles. The first-order valence-electron chi connectivity index (χ1n) is 11.2. The topological polar surface area (TPSA) is 127 Å². The van der Waals surface area contributed by atoms with E-state index in [0.29, 0.717) is 25.0 Å². The van der Waals surface area contributed by atoms with E-state index >= 15 is 0 Å². The van der Waals surface area contributed by atoms with Gasteiger partial charge in [-0.2, -0.15) is 8.42 Å². The number of rotatable bonds is 7. The molecule has 2 aliphatic carbocycles. The molecule has 2 fully saturated rings. The van der Waals surface area contributed by atoms with Crippen molar-refractivity contribution in [3.05, 3.63) is 58.4 Å². The van der Waals surface area contributed by atoms with Gasteiger partial charge in [-0.3, -0.25) is 8.98 Å². The molecule has 1 amide bonds. The predicted molar refractivity (Wildman–Crippen MR) is 128 cm³/mol. The van der Waals surface area contributed by atoms with Gasteiger partial charge in [0.25, 0.3) is 16.0 Å². The zero-order valence-electron chi connectivity index (χ0n) is 19.4. The standard InChI is InChI=1S/C23H23ClF3NO7S2/c1-36(31,32)35-11-23(30)9-13-2-3-14(10-23)21(13)37(33,34)19-6-12(4-5-16(19)24)22(29)28-15-7-17(25)20(27)18(26)8-15/h4-8,13-14,21,30H,2-3,9-11H2,1H3,(H,28,29). The summed E-state index contributed by atoms with van der Waals surface area (Å²) in [4.78, 5) is 12.4. The summed E-state index contributed by atoms with van der Waals surface area (Å²) < 4.78 is 95.1. The quantitative estimate of drug-likeness (QED) is 0.377. The number of carbonyl (C=O) groups is 1. The van der Waals surface area contributed by atoms with Gasteiger partial charge in [-0.15, -0.1) is 0 Å². The number of hydrogen-bond donors (Lipinski definition) is 2. The minimum absolute atomic E-state index is 0.00239. The van der Waals surface area contributed by atoms with Gasteiger partial charge in [0.1, 0.15) is 0 Å². The van der Waals surface area contributed by atoms with Crippen molar-refractivity contribution in [3.8, 4) is 0 Å². The molecule has 2 bridgehead atoms. The van der Waals surface area contributed by atoms with Crippen molar-refractivity contribution < 1.29 is 44.1 Å². The maximum atomic E-state index is 13.7. The molecule has 2 aromatic carbocycles. The molecule has 2 N–H and O–H groups in total. The highest BCUT2D eigenvalue weighted by Gasteiger charge is 2.54. The van der Waals surface area contributed by atoms with Crippen LogP contribution in [-0.2, 0) is 24.1 Å². The first kappa shape index (κ1) is 27.8. The number of aliphatic hydroxyl groups is 1. The molecule has 0 saturated heterocycles. The van der Waals surface area contributed by atoms with Gasteiger partial charge in [0.05, 0.1) is 33.6 Å². The Bertz CT molecular complexity index is 1430. The Hall–Kier alpha value is -2.19. The third-order valence-electron chi connectivity index (χ3n) is 6.76. The van der Waals surface area contributed by atoms with E-state index in [-0.39, 0.29) is 34.0 Å². The van der Waals surface area contributed by atoms with Crippen LogP contribution >= 0.6 is 11.6 Å². The number of amides is 1. The van der Waals surface area contributed by atoms with Gasteiger partial charge in [0, 0.05) is 23.4 Å². The van der Waals surface area contributed by atoms with Gasteiger partial charge >= 0.3 is 0 Å². The lowest BCUT2D eigenvalue weighted by Gasteiger charge is -2.40. The number of hydrogen-bond acceptors (Lipinski definition) is 7. The van der Waals surface area contributed by atoms with E-state index in [9.17, 15) is 39.9 Å². The maximum absolute atomic E-state index is 13.7. The fraction of sp³-hybridized carbons (Fsp3) is 0.435. The third kappa shape index (κ3) is 5.80. The summed E-state index contributed by atoms with van der Waals surface area (Å²) in [6.45, 7) is -0.480. The van der Waals surface area contributed by atoms with E-state index in [0.717, 1.165) is 12.3 Å². The van der Waals surface area contributed by atoms with Crippen LogP contribution in [0.1, 0.15) is 36.0 Å². The fourth-order valence-electron chi connectivity index (χ4n) is 5.32. The van der Waals surface area contributed by atoms with E-state index in [1.165, 1.54) is 12.1 Å². The van der Waals surface area contributed by atoms with Crippen LogP contribution in [0.15, 0.2) is 35.2 Å². The van der Waals surface area contributed by atoms with Crippen molar-refractivity contribution in [2.45, 2.75) is 41.4 Å². The second kappa shape index (κ2) is 9.84. The number of nitrogens with one attached hydrogen (secondary N) is 1. The molecule has 8 nitrogen and oxygen atoms in total. The second-order valence-corrected chi connectivity index (χ2v) is 13.7. The van der Waals surface area contributed by atoms with Crippen molar-refractivity contribution in [1.82, 2.24) is 0 Å². The molecule has 202 valence electrons. The van der Waals surface area contributed by atoms with Gasteiger partial charge in [0.15, 0.2) is 27.3 Å². The number of sulfone groups is 1. The van der Waals surface area contributed by atoms with Crippen LogP contribution in [0.5, 0.6) is 0 Å². The minimum atomic E-state index is -4.12. The highest BCUT2D eigenvalue weighted by atomic mass is 35.5. The van der Waals surface area contributed by atoms with Gasteiger partial charge < -0.3 is 10.4 Å². The molecular formula is C23H23ClF3NO7S2. The lowest BCUT2D eigenvalue weighted by atomic mass is 9.77. The van der Waals surface area contributed by atoms with Crippen LogP contribution in [0.2, 0.25) is 5.02 Å². The molecule has 2 aromatic rings. The normalized spacial score (nSPS) is 25.7. The fourth-order valence-corrected chi connectivity index (χ4v) is 8.59. The first-order chi connectivity index (χ1) is 17.1. The summed E-state index contributed by atoms with van der Waals surface area (Å²) >= 11 is 6.21. The minimum Gasteiger partial charge on any atom is -0.387 e. The molecule has 2 aliphatic rings. The molecule has 4 rings (SSSR count). The first-order valence-corrected chi connectivity index (χ1v) is 14.9. The van der Waals surface area contributed by atoms with E-state index in [1.54, 1.807) is 0 Å². The molecule has 37 heavy (non-hydrogen) atoms. The zero-order chi connectivity index (χ0) is 27.3. The number of halogens is 4. The van der Waals surface area contributed by atoms with Crippen LogP contribution < -0.4 is 5.32 Å². The summed E-state index contributed by atoms with van der Waals surface area (Å²) in [6.07, 6.45) is 1.82. The molecule has 2 atom stereocenters. The van der Waals surface area contributed by atoms with Crippen molar-refractivity contribution >= 4 is 43.2 Å². The highest BCUT2D eigenvalue weighted by Crippen LogP contribution is 2.51. The monoisotopic (exact) mass is 581 g/mol. The SMILES string of the molecule is CS(=O)(=O)OCC1(O)CC2CCC(C1)C2S(=O)(=O)c1cc(C(=O)Nc2cc(F)c(F)c(F)c2)ccc1Cl. The van der Waals surface area contributed by atoms with Gasteiger partial charge in [-0.1, -0.05) is 11.6 Å². The van der Waals surface area contributed by atoms with Crippen LogP contribution in [0.3, 0.4) is 0 Å². The maximum Gasteiger partial charge on any atom is 0.264 e. The van der Waals surface area contributed by atoms with Crippen LogP contribution in [-0.4, -0.2) is 51.6 Å². The molecule has 0 heterocycles. The molecule has 0 radical (unpaired) electrons. The van der Waals surface area contributed by atoms with Crippen molar-refractivity contribution in [2.75, 3.05) is 18.2 Å². The summed E-state index contributed by atoms with van der Waals surface area (Å²) in [5.41, 5.74) is -2.05. The zero-order valence-corrected chi connectivity index (χ0v) is 21.8.